The molecule has 0 spiro atoms. The molecule has 1 atom stereocenters. The van der Waals surface area contributed by atoms with Crippen molar-refractivity contribution in [1.82, 2.24) is 0 Å². The zero-order valence-electron chi connectivity index (χ0n) is 10.7. The van der Waals surface area contributed by atoms with Crippen LogP contribution >= 0.6 is 0 Å². The monoisotopic (exact) mass is 236 g/mol. The van der Waals surface area contributed by atoms with Gasteiger partial charge in [0.1, 0.15) is 5.75 Å². The van der Waals surface area contributed by atoms with Crippen LogP contribution in [-0.2, 0) is 10.3 Å². The molecular weight excluding hydrogens is 216 g/mol. The molecule has 1 N–H and O–H groups in total. The molecule has 1 aliphatic heterocycles. The van der Waals surface area contributed by atoms with Crippen molar-refractivity contribution in [1.29, 1.82) is 0 Å². The van der Waals surface area contributed by atoms with Gasteiger partial charge in [-0.1, -0.05) is 18.2 Å². The quantitative estimate of drug-likeness (QED) is 0.857. The lowest BCUT2D eigenvalue weighted by Crippen LogP contribution is -2.44. The van der Waals surface area contributed by atoms with E-state index in [-0.39, 0.29) is 5.60 Å². The highest BCUT2D eigenvalue weighted by Gasteiger charge is 2.42. The van der Waals surface area contributed by atoms with E-state index in [9.17, 15) is 5.11 Å². The molecule has 1 aromatic carbocycles. The van der Waals surface area contributed by atoms with E-state index in [2.05, 4.69) is 0 Å². The van der Waals surface area contributed by atoms with Gasteiger partial charge in [0.25, 0.3) is 0 Å². The van der Waals surface area contributed by atoms with E-state index < -0.39 is 5.60 Å². The summed E-state index contributed by atoms with van der Waals surface area (Å²) in [6, 6.07) is 7.66. The zero-order chi connectivity index (χ0) is 12.5. The summed E-state index contributed by atoms with van der Waals surface area (Å²) >= 11 is 0. The molecule has 94 valence electrons. The molecule has 3 nitrogen and oxygen atoms in total. The Morgan fingerprint density at radius 3 is 2.65 bits per heavy atom. The Kier molecular flexibility index (Phi) is 3.15. The number of methoxy groups -OCH3 is 1. The van der Waals surface area contributed by atoms with Crippen molar-refractivity contribution < 1.29 is 14.6 Å². The maximum absolute atomic E-state index is 10.8. The molecule has 3 heteroatoms. The van der Waals surface area contributed by atoms with Gasteiger partial charge in [0.15, 0.2) is 0 Å². The third kappa shape index (κ3) is 2.45. The number of para-hydroxylation sites is 1. The van der Waals surface area contributed by atoms with Crippen LogP contribution in [0.2, 0.25) is 0 Å². The predicted molar refractivity (Wildman–Crippen MR) is 66.2 cm³/mol. The van der Waals surface area contributed by atoms with E-state index in [0.29, 0.717) is 19.4 Å². The molecule has 17 heavy (non-hydrogen) atoms. The molecule has 1 fully saturated rings. The molecule has 0 bridgehead atoms. The molecule has 0 aliphatic carbocycles. The van der Waals surface area contributed by atoms with Gasteiger partial charge in [-0.2, -0.15) is 0 Å². The van der Waals surface area contributed by atoms with Crippen LogP contribution in [0.25, 0.3) is 0 Å². The maximum atomic E-state index is 10.8. The Hall–Kier alpha value is -1.06. The fourth-order valence-corrected chi connectivity index (χ4v) is 2.60. The van der Waals surface area contributed by atoms with Gasteiger partial charge in [0, 0.05) is 18.4 Å². The number of rotatable bonds is 2. The van der Waals surface area contributed by atoms with Gasteiger partial charge in [-0.3, -0.25) is 0 Å². The summed E-state index contributed by atoms with van der Waals surface area (Å²) < 4.78 is 11.0. The SMILES string of the molecule is COc1ccccc1C1(O)CCOC(C)(C)C1. The first-order valence-corrected chi connectivity index (χ1v) is 5.97. The fraction of sp³-hybridized carbons (Fsp3) is 0.571. The van der Waals surface area contributed by atoms with Crippen molar-refractivity contribution in [2.75, 3.05) is 13.7 Å². The number of aliphatic hydroxyl groups is 1. The highest BCUT2D eigenvalue weighted by molar-refractivity contribution is 5.38. The van der Waals surface area contributed by atoms with Crippen LogP contribution < -0.4 is 4.74 Å². The van der Waals surface area contributed by atoms with Crippen molar-refractivity contribution in [3.05, 3.63) is 29.8 Å². The van der Waals surface area contributed by atoms with E-state index in [4.69, 9.17) is 9.47 Å². The van der Waals surface area contributed by atoms with Crippen LogP contribution in [0.15, 0.2) is 24.3 Å². The second-order valence-electron chi connectivity index (χ2n) is 5.27. The summed E-state index contributed by atoms with van der Waals surface area (Å²) in [4.78, 5) is 0. The van der Waals surface area contributed by atoms with E-state index in [0.717, 1.165) is 11.3 Å². The molecular formula is C14H20O3. The number of hydrogen-bond acceptors (Lipinski definition) is 3. The van der Waals surface area contributed by atoms with Crippen LogP contribution in [0, 0.1) is 0 Å². The average Bonchev–Trinajstić information content (AvgIpc) is 2.27. The van der Waals surface area contributed by atoms with Crippen molar-refractivity contribution in [2.45, 2.75) is 37.9 Å². The van der Waals surface area contributed by atoms with Crippen molar-refractivity contribution in [3.63, 3.8) is 0 Å². The molecule has 1 aliphatic rings. The number of benzene rings is 1. The first-order chi connectivity index (χ1) is 7.97. The second kappa shape index (κ2) is 4.31. The van der Waals surface area contributed by atoms with E-state index in [1.54, 1.807) is 7.11 Å². The van der Waals surface area contributed by atoms with Gasteiger partial charge in [0.2, 0.25) is 0 Å². The van der Waals surface area contributed by atoms with Crippen LogP contribution in [0.3, 0.4) is 0 Å². The zero-order valence-corrected chi connectivity index (χ0v) is 10.7. The highest BCUT2D eigenvalue weighted by atomic mass is 16.5. The number of ether oxygens (including phenoxy) is 2. The van der Waals surface area contributed by atoms with Gasteiger partial charge < -0.3 is 14.6 Å². The normalized spacial score (nSPS) is 27.8. The molecule has 1 heterocycles. The predicted octanol–water partition coefficient (Wildman–Crippen LogP) is 2.47. The van der Waals surface area contributed by atoms with Gasteiger partial charge in [-0.15, -0.1) is 0 Å². The number of hydrogen-bond donors (Lipinski definition) is 1. The van der Waals surface area contributed by atoms with Crippen LogP contribution in [0.1, 0.15) is 32.3 Å². The second-order valence-corrected chi connectivity index (χ2v) is 5.27. The lowest BCUT2D eigenvalue weighted by atomic mass is 9.79. The molecule has 0 aromatic heterocycles. The Bertz CT molecular complexity index is 400. The average molecular weight is 236 g/mol. The molecule has 1 aromatic rings. The first-order valence-electron chi connectivity index (χ1n) is 5.97. The molecule has 0 amide bonds. The van der Waals surface area contributed by atoms with E-state index >= 15 is 0 Å². The van der Waals surface area contributed by atoms with Crippen LogP contribution in [0.5, 0.6) is 5.75 Å². The Labute approximate surface area is 102 Å². The molecule has 1 unspecified atom stereocenters. The van der Waals surface area contributed by atoms with E-state index in [1.807, 2.05) is 38.1 Å². The lowest BCUT2D eigenvalue weighted by Gasteiger charge is -2.42. The minimum atomic E-state index is -0.853. The molecule has 2 rings (SSSR count). The molecule has 1 saturated heterocycles. The van der Waals surface area contributed by atoms with Crippen molar-refractivity contribution >= 4 is 0 Å². The van der Waals surface area contributed by atoms with Crippen LogP contribution in [-0.4, -0.2) is 24.4 Å². The van der Waals surface area contributed by atoms with Crippen molar-refractivity contribution in [3.8, 4) is 5.75 Å². The molecule has 0 saturated carbocycles. The minimum absolute atomic E-state index is 0.298. The third-order valence-electron chi connectivity index (χ3n) is 3.33. The Balaban J connectivity index is 2.37. The summed E-state index contributed by atoms with van der Waals surface area (Å²) in [7, 11) is 1.63. The summed E-state index contributed by atoms with van der Waals surface area (Å²) in [6.07, 6.45) is 1.19. The third-order valence-corrected chi connectivity index (χ3v) is 3.33. The van der Waals surface area contributed by atoms with Gasteiger partial charge in [0.05, 0.1) is 24.9 Å². The topological polar surface area (TPSA) is 38.7 Å². The Morgan fingerprint density at radius 1 is 1.29 bits per heavy atom. The summed E-state index contributed by atoms with van der Waals surface area (Å²) in [5.41, 5.74) is -0.291. The fourth-order valence-electron chi connectivity index (χ4n) is 2.60. The largest absolute Gasteiger partial charge is 0.496 e. The first kappa shape index (κ1) is 12.4. The Morgan fingerprint density at radius 2 is 2.00 bits per heavy atom. The van der Waals surface area contributed by atoms with E-state index in [1.165, 1.54) is 0 Å². The smallest absolute Gasteiger partial charge is 0.124 e. The van der Waals surface area contributed by atoms with Gasteiger partial charge in [-0.25, -0.2) is 0 Å². The van der Waals surface area contributed by atoms with Gasteiger partial charge in [-0.05, 0) is 19.9 Å². The highest BCUT2D eigenvalue weighted by Crippen LogP contribution is 2.42. The maximum Gasteiger partial charge on any atom is 0.124 e. The summed E-state index contributed by atoms with van der Waals surface area (Å²) in [6.45, 7) is 4.58. The van der Waals surface area contributed by atoms with Crippen LogP contribution in [0.4, 0.5) is 0 Å². The van der Waals surface area contributed by atoms with Crippen molar-refractivity contribution in [2.24, 2.45) is 0 Å². The standard InChI is InChI=1S/C14H20O3/c1-13(2)10-14(15,8-9-17-13)11-6-4-5-7-12(11)16-3/h4-7,15H,8-10H2,1-3H3. The lowest BCUT2D eigenvalue weighted by molar-refractivity contribution is -0.148. The molecule has 0 radical (unpaired) electrons. The summed E-state index contributed by atoms with van der Waals surface area (Å²) in [5.74, 6) is 0.743. The minimum Gasteiger partial charge on any atom is -0.496 e. The summed E-state index contributed by atoms with van der Waals surface area (Å²) in [5, 5.41) is 10.8. The van der Waals surface area contributed by atoms with Gasteiger partial charge >= 0.3 is 0 Å².